The van der Waals surface area contributed by atoms with Crippen molar-refractivity contribution in [1.29, 1.82) is 0 Å². The molecule has 3 heteroatoms. The summed E-state index contributed by atoms with van der Waals surface area (Å²) < 4.78 is 4.59. The largest absolute Gasteiger partial charge is 1.00 e. The predicted molar refractivity (Wildman–Crippen MR) is 35.9 cm³/mol. The standard InChI is InChI=1S/C6H11NO2/c1-5(2)6(8)9-4-3-7/h1,3-4,7H2,2H3/p+1. The molecule has 0 aliphatic rings. The normalized spacial score (nSPS) is 8.67. The fraction of sp³-hybridized carbons (Fsp3) is 0.500. The second-order valence-electron chi connectivity index (χ2n) is 1.70. The summed E-state index contributed by atoms with van der Waals surface area (Å²) >= 11 is 0. The fourth-order valence-corrected chi connectivity index (χ4v) is 0.275. The third-order valence-electron chi connectivity index (χ3n) is 0.699. The third kappa shape index (κ3) is 3.73. The zero-order valence-corrected chi connectivity index (χ0v) is 5.52. The molecule has 52 valence electrons. The van der Waals surface area contributed by atoms with Crippen molar-refractivity contribution in [1.82, 2.24) is 0 Å². The molecule has 0 bridgehead atoms. The van der Waals surface area contributed by atoms with E-state index in [4.69, 9.17) is 5.73 Å². The first-order valence-corrected chi connectivity index (χ1v) is 2.71. The minimum atomic E-state index is -0.375. The van der Waals surface area contributed by atoms with E-state index in [-0.39, 0.29) is 14.0 Å². The van der Waals surface area contributed by atoms with Gasteiger partial charge in [-0.3, -0.25) is 0 Å². The number of rotatable bonds is 3. The molecule has 0 rings (SSSR count). The number of hydrogen-bond donors (Lipinski definition) is 1. The SMILES string of the molecule is C=C(C)C(=O)OCCN.[H+]. The van der Waals surface area contributed by atoms with Crippen molar-refractivity contribution in [3.63, 3.8) is 0 Å². The maximum atomic E-state index is 10.5. The molecule has 2 N–H and O–H groups in total. The van der Waals surface area contributed by atoms with Gasteiger partial charge in [-0.1, -0.05) is 6.58 Å². The second kappa shape index (κ2) is 4.09. The molecule has 0 atom stereocenters. The summed E-state index contributed by atoms with van der Waals surface area (Å²) in [5, 5.41) is 0. The summed E-state index contributed by atoms with van der Waals surface area (Å²) in [5.41, 5.74) is 5.48. The molecule has 0 fully saturated rings. The Hall–Kier alpha value is -0.830. The number of carbonyl (C=O) groups excluding carboxylic acids is 1. The van der Waals surface area contributed by atoms with Crippen LogP contribution in [-0.2, 0) is 9.53 Å². The first-order valence-electron chi connectivity index (χ1n) is 2.71. The van der Waals surface area contributed by atoms with E-state index in [0.717, 1.165) is 0 Å². The van der Waals surface area contributed by atoms with Crippen LogP contribution in [0.1, 0.15) is 8.35 Å². The molecule has 0 amide bonds. The Kier molecular flexibility index (Phi) is 3.71. The minimum Gasteiger partial charge on any atom is -0.461 e. The number of hydrogen-bond acceptors (Lipinski definition) is 3. The van der Waals surface area contributed by atoms with Crippen LogP contribution < -0.4 is 5.73 Å². The molecule has 9 heavy (non-hydrogen) atoms. The summed E-state index contributed by atoms with van der Waals surface area (Å²) in [6.07, 6.45) is 0. The summed E-state index contributed by atoms with van der Waals surface area (Å²) in [4.78, 5) is 10.5. The summed E-state index contributed by atoms with van der Waals surface area (Å²) in [6, 6.07) is 0. The van der Waals surface area contributed by atoms with Gasteiger partial charge in [-0.05, 0) is 6.92 Å². The van der Waals surface area contributed by atoms with Gasteiger partial charge in [0.1, 0.15) is 6.61 Å². The van der Waals surface area contributed by atoms with Gasteiger partial charge < -0.3 is 10.5 Å². The van der Waals surface area contributed by atoms with Crippen LogP contribution in [0.2, 0.25) is 0 Å². The molecule has 0 saturated heterocycles. The molecule has 0 aromatic rings. The first kappa shape index (κ1) is 8.17. The zero-order chi connectivity index (χ0) is 7.28. The van der Waals surface area contributed by atoms with Crippen molar-refractivity contribution >= 4 is 5.97 Å². The van der Waals surface area contributed by atoms with Crippen molar-refractivity contribution in [3.8, 4) is 0 Å². The summed E-state index contributed by atoms with van der Waals surface area (Å²) in [5.74, 6) is -0.375. The van der Waals surface area contributed by atoms with Crippen molar-refractivity contribution in [2.75, 3.05) is 13.2 Å². The van der Waals surface area contributed by atoms with Gasteiger partial charge in [0.05, 0.1) is 0 Å². The van der Waals surface area contributed by atoms with Crippen molar-refractivity contribution < 1.29 is 11.0 Å². The van der Waals surface area contributed by atoms with E-state index in [2.05, 4.69) is 11.3 Å². The van der Waals surface area contributed by atoms with Crippen LogP contribution in [0.15, 0.2) is 12.2 Å². The van der Waals surface area contributed by atoms with E-state index in [1.807, 2.05) is 0 Å². The molecule has 0 aromatic heterocycles. The van der Waals surface area contributed by atoms with Gasteiger partial charge in [0, 0.05) is 12.1 Å². The van der Waals surface area contributed by atoms with Crippen LogP contribution in [0.5, 0.6) is 0 Å². The lowest BCUT2D eigenvalue weighted by atomic mass is 10.4. The molecule has 0 spiro atoms. The number of nitrogens with two attached hydrogens (primary N) is 1. The second-order valence-corrected chi connectivity index (χ2v) is 1.70. The van der Waals surface area contributed by atoms with Crippen LogP contribution in [-0.4, -0.2) is 19.1 Å². The number of ether oxygens (including phenoxy) is 1. The van der Waals surface area contributed by atoms with E-state index in [9.17, 15) is 4.79 Å². The van der Waals surface area contributed by atoms with E-state index in [1.54, 1.807) is 6.92 Å². The van der Waals surface area contributed by atoms with E-state index in [1.165, 1.54) is 0 Å². The highest BCUT2D eigenvalue weighted by atomic mass is 16.5. The van der Waals surface area contributed by atoms with Gasteiger partial charge in [-0.15, -0.1) is 0 Å². The van der Waals surface area contributed by atoms with Crippen LogP contribution in [0, 0.1) is 0 Å². The highest BCUT2D eigenvalue weighted by Gasteiger charge is 1.99. The maximum Gasteiger partial charge on any atom is 1.00 e. The van der Waals surface area contributed by atoms with Gasteiger partial charge in [-0.25, -0.2) is 4.79 Å². The molecule has 0 aliphatic carbocycles. The average molecular weight is 130 g/mol. The Morgan fingerprint density at radius 3 is 2.78 bits per heavy atom. The van der Waals surface area contributed by atoms with Crippen LogP contribution in [0.25, 0.3) is 0 Å². The highest BCUT2D eigenvalue weighted by Crippen LogP contribution is 1.89. The monoisotopic (exact) mass is 130 g/mol. The molecule has 0 aliphatic heterocycles. The average Bonchev–Trinajstić information content (AvgIpc) is 1.82. The zero-order valence-electron chi connectivity index (χ0n) is 6.52. The lowest BCUT2D eigenvalue weighted by molar-refractivity contribution is -0.138. The van der Waals surface area contributed by atoms with Crippen LogP contribution in [0.4, 0.5) is 0 Å². The van der Waals surface area contributed by atoms with Crippen LogP contribution in [0.3, 0.4) is 0 Å². The Labute approximate surface area is 56.0 Å². The number of esters is 1. The Morgan fingerprint density at radius 2 is 2.44 bits per heavy atom. The van der Waals surface area contributed by atoms with Crippen molar-refractivity contribution in [3.05, 3.63) is 12.2 Å². The molecule has 0 unspecified atom stereocenters. The fourth-order valence-electron chi connectivity index (χ4n) is 0.275. The summed E-state index contributed by atoms with van der Waals surface area (Å²) in [6.45, 7) is 5.62. The number of carbonyl (C=O) groups is 1. The summed E-state index contributed by atoms with van der Waals surface area (Å²) in [7, 11) is 0. The minimum absolute atomic E-state index is 0. The van der Waals surface area contributed by atoms with Gasteiger partial charge in [-0.2, -0.15) is 0 Å². The quantitative estimate of drug-likeness (QED) is 0.438. The van der Waals surface area contributed by atoms with Crippen LogP contribution >= 0.6 is 0 Å². The highest BCUT2D eigenvalue weighted by molar-refractivity contribution is 5.86. The van der Waals surface area contributed by atoms with Gasteiger partial charge in [0.2, 0.25) is 0 Å². The maximum absolute atomic E-state index is 10.5. The lowest BCUT2D eigenvalue weighted by Gasteiger charge is -1.99. The van der Waals surface area contributed by atoms with E-state index in [0.29, 0.717) is 12.1 Å². The molecular weight excluding hydrogens is 118 g/mol. The van der Waals surface area contributed by atoms with E-state index >= 15 is 0 Å². The van der Waals surface area contributed by atoms with Gasteiger partial charge >= 0.3 is 7.40 Å². The smallest absolute Gasteiger partial charge is 0.461 e. The molecule has 0 saturated carbocycles. The molecule has 0 radical (unpaired) electrons. The van der Waals surface area contributed by atoms with Gasteiger partial charge in [0.25, 0.3) is 0 Å². The topological polar surface area (TPSA) is 52.3 Å². The molecule has 3 nitrogen and oxygen atoms in total. The Bertz CT molecular complexity index is 125. The Balaban J connectivity index is 0. The molecular formula is C6H12NO2+. The van der Waals surface area contributed by atoms with Crippen molar-refractivity contribution in [2.45, 2.75) is 6.92 Å². The lowest BCUT2D eigenvalue weighted by Crippen LogP contribution is -2.13. The molecule has 0 heterocycles. The molecule has 0 aromatic carbocycles. The van der Waals surface area contributed by atoms with E-state index < -0.39 is 0 Å². The van der Waals surface area contributed by atoms with Gasteiger partial charge in [0.15, 0.2) is 0 Å². The first-order chi connectivity index (χ1) is 4.18. The Morgan fingerprint density at radius 1 is 1.89 bits per heavy atom. The van der Waals surface area contributed by atoms with Crippen molar-refractivity contribution in [2.24, 2.45) is 5.73 Å². The predicted octanol–water partition coefficient (Wildman–Crippen LogP) is 0.177. The third-order valence-corrected chi connectivity index (χ3v) is 0.699.